The van der Waals surface area contributed by atoms with E-state index in [1.54, 1.807) is 24.3 Å². The third-order valence-electron chi connectivity index (χ3n) is 4.82. The molecule has 2 aromatic carbocycles. The highest BCUT2D eigenvalue weighted by Gasteiger charge is 2.25. The summed E-state index contributed by atoms with van der Waals surface area (Å²) in [7, 11) is -3.80. The molecule has 1 amide bonds. The summed E-state index contributed by atoms with van der Waals surface area (Å²) in [5.74, 6) is -0.115. The maximum Gasteiger partial charge on any atom is 0.261 e. The molecule has 0 aliphatic carbocycles. The van der Waals surface area contributed by atoms with Crippen LogP contribution in [0.25, 0.3) is 0 Å². The zero-order valence-electron chi connectivity index (χ0n) is 15.4. The fraction of sp³-hybridized carbons (Fsp3) is 0.350. The van der Waals surface area contributed by atoms with Gasteiger partial charge in [-0.3, -0.25) is 9.52 Å². The summed E-state index contributed by atoms with van der Waals surface area (Å²) in [5, 5.41) is 0. The van der Waals surface area contributed by atoms with E-state index in [4.69, 9.17) is 0 Å². The Morgan fingerprint density at radius 3 is 2.70 bits per heavy atom. The van der Waals surface area contributed by atoms with Crippen molar-refractivity contribution in [3.8, 4) is 0 Å². The summed E-state index contributed by atoms with van der Waals surface area (Å²) >= 11 is 3.36. The molecule has 0 bridgehead atoms. The van der Waals surface area contributed by atoms with E-state index in [0.29, 0.717) is 22.3 Å². The van der Waals surface area contributed by atoms with Crippen molar-refractivity contribution in [2.24, 2.45) is 0 Å². The Hall–Kier alpha value is -1.86. The number of carbonyl (C=O) groups excluding carboxylic acids is 1. The van der Waals surface area contributed by atoms with Gasteiger partial charge in [0.1, 0.15) is 0 Å². The van der Waals surface area contributed by atoms with E-state index in [1.807, 2.05) is 24.8 Å². The zero-order chi connectivity index (χ0) is 19.6. The minimum Gasteiger partial charge on any atom is -0.336 e. The van der Waals surface area contributed by atoms with Crippen LogP contribution in [-0.2, 0) is 10.0 Å². The Morgan fingerprint density at radius 1 is 1.19 bits per heavy atom. The molecule has 0 aromatic heterocycles. The van der Waals surface area contributed by atoms with Gasteiger partial charge in [0.2, 0.25) is 0 Å². The molecule has 1 N–H and O–H groups in total. The topological polar surface area (TPSA) is 66.5 Å². The Bertz CT molecular complexity index is 959. The van der Waals surface area contributed by atoms with Gasteiger partial charge in [-0.05, 0) is 84.9 Å². The van der Waals surface area contributed by atoms with Crippen LogP contribution in [0.5, 0.6) is 0 Å². The minimum atomic E-state index is -3.80. The second-order valence-corrected chi connectivity index (χ2v) is 9.50. The third-order valence-corrected chi connectivity index (χ3v) is 6.88. The number of amides is 1. The van der Waals surface area contributed by atoms with Crippen molar-refractivity contribution in [1.82, 2.24) is 4.90 Å². The number of benzene rings is 2. The van der Waals surface area contributed by atoms with E-state index in [9.17, 15) is 13.2 Å². The van der Waals surface area contributed by atoms with E-state index in [1.165, 1.54) is 12.1 Å². The van der Waals surface area contributed by atoms with Crippen LogP contribution in [-0.4, -0.2) is 31.8 Å². The van der Waals surface area contributed by atoms with Gasteiger partial charge in [-0.25, -0.2) is 8.42 Å². The van der Waals surface area contributed by atoms with Crippen molar-refractivity contribution in [3.63, 3.8) is 0 Å². The van der Waals surface area contributed by atoms with Crippen LogP contribution in [0.3, 0.4) is 0 Å². The van der Waals surface area contributed by atoms with Crippen LogP contribution >= 0.6 is 15.9 Å². The molecule has 1 unspecified atom stereocenters. The van der Waals surface area contributed by atoms with Crippen LogP contribution in [0.15, 0.2) is 51.8 Å². The lowest BCUT2D eigenvalue weighted by Gasteiger charge is -2.33. The number of carbonyl (C=O) groups is 1. The molecule has 144 valence electrons. The van der Waals surface area contributed by atoms with Crippen LogP contribution in [0.1, 0.15) is 42.1 Å². The second kappa shape index (κ2) is 8.02. The Balaban J connectivity index is 1.87. The summed E-state index contributed by atoms with van der Waals surface area (Å²) in [6.07, 6.45) is 3.08. The van der Waals surface area contributed by atoms with Crippen molar-refractivity contribution in [2.45, 2.75) is 44.0 Å². The van der Waals surface area contributed by atoms with Crippen LogP contribution < -0.4 is 4.72 Å². The summed E-state index contributed by atoms with van der Waals surface area (Å²) in [4.78, 5) is 14.8. The Kier molecular flexibility index (Phi) is 5.91. The van der Waals surface area contributed by atoms with E-state index < -0.39 is 10.0 Å². The number of nitrogens with zero attached hydrogens (tertiary/aromatic N) is 1. The molecule has 5 nitrogen and oxygen atoms in total. The number of likely N-dealkylation sites (tertiary alicyclic amines) is 1. The maximum atomic E-state index is 12.8. The molecule has 0 radical (unpaired) electrons. The smallest absolute Gasteiger partial charge is 0.261 e. The van der Waals surface area contributed by atoms with Crippen molar-refractivity contribution in [1.29, 1.82) is 0 Å². The number of nitrogens with one attached hydrogen (secondary N) is 1. The average Bonchev–Trinajstić information content (AvgIpc) is 2.64. The molecule has 27 heavy (non-hydrogen) atoms. The number of rotatable bonds is 4. The highest BCUT2D eigenvalue weighted by atomic mass is 79.9. The lowest BCUT2D eigenvalue weighted by atomic mass is 10.0. The van der Waals surface area contributed by atoms with Gasteiger partial charge in [0.05, 0.1) is 10.6 Å². The van der Waals surface area contributed by atoms with Crippen molar-refractivity contribution in [2.75, 3.05) is 11.3 Å². The average molecular weight is 451 g/mol. The SMILES string of the molecule is Cc1ccc(Br)c(NS(=O)(=O)c2cccc(C(=O)N3CCCCC3C)c2)c1. The van der Waals surface area contributed by atoms with Gasteiger partial charge in [0.15, 0.2) is 0 Å². The standard InChI is InChI=1S/C20H23BrN2O3S/c1-14-9-10-18(21)19(12-14)22-27(25,26)17-8-5-7-16(13-17)20(24)23-11-4-3-6-15(23)2/h5,7-10,12-13,15,22H,3-4,6,11H2,1-2H3. The van der Waals surface area contributed by atoms with Gasteiger partial charge in [-0.2, -0.15) is 0 Å². The number of aryl methyl sites for hydroxylation is 1. The van der Waals surface area contributed by atoms with Crippen LogP contribution in [0, 0.1) is 6.92 Å². The molecule has 3 rings (SSSR count). The lowest BCUT2D eigenvalue weighted by Crippen LogP contribution is -2.42. The van der Waals surface area contributed by atoms with E-state index in [0.717, 1.165) is 24.8 Å². The van der Waals surface area contributed by atoms with Crippen molar-refractivity contribution in [3.05, 3.63) is 58.1 Å². The first kappa shape index (κ1) is 19.9. The number of sulfonamides is 1. The highest BCUT2D eigenvalue weighted by molar-refractivity contribution is 9.10. The molecule has 1 aliphatic rings. The fourth-order valence-electron chi connectivity index (χ4n) is 3.28. The van der Waals surface area contributed by atoms with Crippen LogP contribution in [0.2, 0.25) is 0 Å². The quantitative estimate of drug-likeness (QED) is 0.741. The minimum absolute atomic E-state index is 0.0754. The maximum absolute atomic E-state index is 12.8. The largest absolute Gasteiger partial charge is 0.336 e. The molecular weight excluding hydrogens is 428 g/mol. The van der Waals surface area contributed by atoms with E-state index in [2.05, 4.69) is 20.7 Å². The van der Waals surface area contributed by atoms with E-state index >= 15 is 0 Å². The normalized spacial score (nSPS) is 17.6. The molecule has 1 saturated heterocycles. The third kappa shape index (κ3) is 4.52. The molecule has 0 saturated carbocycles. The number of hydrogen-bond acceptors (Lipinski definition) is 3. The molecule has 0 spiro atoms. The predicted octanol–water partition coefficient (Wildman–Crippen LogP) is 4.57. The predicted molar refractivity (Wildman–Crippen MR) is 110 cm³/mol. The molecule has 1 aliphatic heterocycles. The van der Waals surface area contributed by atoms with Gasteiger partial charge in [-0.15, -0.1) is 0 Å². The number of hydrogen-bond donors (Lipinski definition) is 1. The first-order valence-electron chi connectivity index (χ1n) is 8.98. The number of anilines is 1. The zero-order valence-corrected chi connectivity index (χ0v) is 17.8. The molecule has 1 heterocycles. The first-order valence-corrected chi connectivity index (χ1v) is 11.3. The Morgan fingerprint density at radius 2 is 1.96 bits per heavy atom. The van der Waals surface area contributed by atoms with E-state index in [-0.39, 0.29) is 16.8 Å². The van der Waals surface area contributed by atoms with Crippen LogP contribution in [0.4, 0.5) is 5.69 Å². The molecule has 1 fully saturated rings. The first-order chi connectivity index (χ1) is 12.8. The van der Waals surface area contributed by atoms with Gasteiger partial charge in [0.25, 0.3) is 15.9 Å². The molecule has 2 aromatic rings. The summed E-state index contributed by atoms with van der Waals surface area (Å²) in [6.45, 7) is 4.64. The molecule has 7 heteroatoms. The van der Waals surface area contributed by atoms with Gasteiger partial charge in [-0.1, -0.05) is 12.1 Å². The summed E-state index contributed by atoms with van der Waals surface area (Å²) < 4.78 is 28.9. The van der Waals surface area contributed by atoms with Crippen molar-refractivity contribution < 1.29 is 13.2 Å². The second-order valence-electron chi connectivity index (χ2n) is 6.96. The molecular formula is C20H23BrN2O3S. The number of halogens is 1. The van der Waals surface area contributed by atoms with Gasteiger partial charge in [0, 0.05) is 22.6 Å². The van der Waals surface area contributed by atoms with Crippen molar-refractivity contribution >= 4 is 37.5 Å². The Labute approximate surface area is 169 Å². The fourth-order valence-corrected chi connectivity index (χ4v) is 4.88. The summed E-state index contributed by atoms with van der Waals surface area (Å²) in [5.41, 5.74) is 1.81. The lowest BCUT2D eigenvalue weighted by molar-refractivity contribution is 0.0635. The molecule has 1 atom stereocenters. The monoisotopic (exact) mass is 450 g/mol. The van der Waals surface area contributed by atoms with Gasteiger partial charge >= 0.3 is 0 Å². The highest BCUT2D eigenvalue weighted by Crippen LogP contribution is 2.27. The summed E-state index contributed by atoms with van der Waals surface area (Å²) in [6, 6.07) is 11.9. The van der Waals surface area contributed by atoms with Gasteiger partial charge < -0.3 is 4.90 Å². The number of piperidine rings is 1.